The zero-order valence-electron chi connectivity index (χ0n) is 11.1. The normalized spacial score (nSPS) is 14.9. The van der Waals surface area contributed by atoms with Crippen LogP contribution >= 0.6 is 11.8 Å². The molecule has 6 heteroatoms. The summed E-state index contributed by atoms with van der Waals surface area (Å²) in [7, 11) is 0. The molecule has 0 aromatic rings. The average Bonchev–Trinajstić information content (AvgIpc) is 2.26. The Morgan fingerprint density at radius 1 is 1.29 bits per heavy atom. The van der Waals surface area contributed by atoms with Crippen molar-refractivity contribution >= 4 is 23.8 Å². The fourth-order valence-electron chi connectivity index (χ4n) is 0.953. The van der Waals surface area contributed by atoms with E-state index in [0.717, 1.165) is 0 Å². The highest BCUT2D eigenvalue weighted by molar-refractivity contribution is 7.99. The predicted molar refractivity (Wildman–Crippen MR) is 70.5 cm³/mol. The van der Waals surface area contributed by atoms with Crippen molar-refractivity contribution in [1.82, 2.24) is 10.6 Å². The van der Waals surface area contributed by atoms with E-state index in [9.17, 15) is 9.59 Å². The molecule has 1 atom stereocenters. The molecule has 0 saturated heterocycles. The van der Waals surface area contributed by atoms with Gasteiger partial charge in [-0.2, -0.15) is 11.8 Å². The van der Waals surface area contributed by atoms with Gasteiger partial charge in [0.2, 0.25) is 0 Å². The zero-order chi connectivity index (χ0) is 13.7. The number of carboxylic acids is 1. The second-order valence-corrected chi connectivity index (χ2v) is 6.28. The third-order valence-electron chi connectivity index (χ3n) is 2.80. The van der Waals surface area contributed by atoms with Gasteiger partial charge in [0.05, 0.1) is 0 Å². The van der Waals surface area contributed by atoms with Crippen molar-refractivity contribution < 1.29 is 14.7 Å². The SMILES string of the molecule is CCC(C)(NC(=O)NCC(C)(C)SC)C(=O)O. The van der Waals surface area contributed by atoms with Crippen molar-refractivity contribution in [2.75, 3.05) is 12.8 Å². The second kappa shape index (κ2) is 6.14. The summed E-state index contributed by atoms with van der Waals surface area (Å²) in [5, 5.41) is 14.2. The van der Waals surface area contributed by atoms with E-state index < -0.39 is 17.5 Å². The second-order valence-electron chi connectivity index (χ2n) is 4.76. The molecule has 0 aliphatic rings. The molecule has 0 bridgehead atoms. The van der Waals surface area contributed by atoms with Crippen LogP contribution in [0.15, 0.2) is 0 Å². The van der Waals surface area contributed by atoms with Crippen LogP contribution in [0.3, 0.4) is 0 Å². The number of thioether (sulfide) groups is 1. The molecule has 0 spiro atoms. The fourth-order valence-corrected chi connectivity index (χ4v) is 1.17. The number of carboxylic acid groups (broad SMARTS) is 1. The standard InChI is InChI=1S/C11H22N2O3S/c1-6-11(4,8(14)15)13-9(16)12-7-10(2,3)17-5/h6-7H2,1-5H3,(H,14,15)(H2,12,13,16). The summed E-state index contributed by atoms with van der Waals surface area (Å²) in [5.74, 6) is -1.03. The fraction of sp³-hybridized carbons (Fsp3) is 0.818. The van der Waals surface area contributed by atoms with Crippen LogP contribution in [0.5, 0.6) is 0 Å². The summed E-state index contributed by atoms with van der Waals surface area (Å²) < 4.78 is -0.0663. The van der Waals surface area contributed by atoms with E-state index in [2.05, 4.69) is 10.6 Å². The Morgan fingerprint density at radius 2 is 1.82 bits per heavy atom. The molecule has 0 aliphatic carbocycles. The number of urea groups is 1. The van der Waals surface area contributed by atoms with Gasteiger partial charge in [0, 0.05) is 11.3 Å². The van der Waals surface area contributed by atoms with E-state index >= 15 is 0 Å². The van der Waals surface area contributed by atoms with Gasteiger partial charge >= 0.3 is 12.0 Å². The summed E-state index contributed by atoms with van der Waals surface area (Å²) in [6.07, 6.45) is 2.30. The van der Waals surface area contributed by atoms with E-state index in [0.29, 0.717) is 13.0 Å². The molecule has 17 heavy (non-hydrogen) atoms. The Morgan fingerprint density at radius 3 is 2.18 bits per heavy atom. The molecule has 0 radical (unpaired) electrons. The first-order valence-electron chi connectivity index (χ1n) is 5.51. The van der Waals surface area contributed by atoms with Gasteiger partial charge in [-0.3, -0.25) is 0 Å². The minimum Gasteiger partial charge on any atom is -0.480 e. The van der Waals surface area contributed by atoms with Crippen molar-refractivity contribution in [2.24, 2.45) is 0 Å². The number of amides is 2. The third-order valence-corrected chi connectivity index (χ3v) is 4.05. The Labute approximate surface area is 107 Å². The smallest absolute Gasteiger partial charge is 0.329 e. The molecule has 0 aromatic heterocycles. The summed E-state index contributed by atoms with van der Waals surface area (Å²) >= 11 is 1.64. The number of hydrogen-bond donors (Lipinski definition) is 3. The minimum atomic E-state index is -1.21. The lowest BCUT2D eigenvalue weighted by Crippen LogP contribution is -2.55. The van der Waals surface area contributed by atoms with Crippen LogP contribution < -0.4 is 10.6 Å². The van der Waals surface area contributed by atoms with Gasteiger partial charge in [0.25, 0.3) is 0 Å². The van der Waals surface area contributed by atoms with Gasteiger partial charge in [-0.25, -0.2) is 9.59 Å². The average molecular weight is 262 g/mol. The van der Waals surface area contributed by atoms with Gasteiger partial charge in [0.15, 0.2) is 0 Å². The number of carbonyl (C=O) groups is 2. The van der Waals surface area contributed by atoms with Gasteiger partial charge in [-0.05, 0) is 33.4 Å². The maximum Gasteiger partial charge on any atom is 0.329 e. The third kappa shape index (κ3) is 5.30. The minimum absolute atomic E-state index is 0.0663. The maximum atomic E-state index is 11.6. The number of hydrogen-bond acceptors (Lipinski definition) is 3. The number of nitrogens with one attached hydrogen (secondary N) is 2. The quantitative estimate of drug-likeness (QED) is 0.680. The van der Waals surface area contributed by atoms with Crippen LogP contribution in [0.4, 0.5) is 4.79 Å². The summed E-state index contributed by atoms with van der Waals surface area (Å²) in [6.45, 7) is 7.72. The Balaban J connectivity index is 4.32. The molecule has 0 fully saturated rings. The lowest BCUT2D eigenvalue weighted by atomic mass is 10.00. The van der Waals surface area contributed by atoms with Crippen LogP contribution in [0, 0.1) is 0 Å². The van der Waals surface area contributed by atoms with Gasteiger partial charge < -0.3 is 15.7 Å². The monoisotopic (exact) mass is 262 g/mol. The van der Waals surface area contributed by atoms with E-state index in [1.54, 1.807) is 18.7 Å². The summed E-state index contributed by atoms with van der Waals surface area (Å²) in [6, 6.07) is -0.445. The first-order chi connectivity index (χ1) is 7.67. The van der Waals surface area contributed by atoms with E-state index in [1.165, 1.54) is 6.92 Å². The molecule has 3 N–H and O–H groups in total. The van der Waals surface area contributed by atoms with Crippen LogP contribution in [-0.4, -0.2) is 40.2 Å². The number of rotatable bonds is 6. The molecule has 0 aliphatic heterocycles. The van der Waals surface area contributed by atoms with Gasteiger partial charge in [-0.15, -0.1) is 0 Å². The Bertz CT molecular complexity index is 294. The highest BCUT2D eigenvalue weighted by Gasteiger charge is 2.33. The lowest BCUT2D eigenvalue weighted by molar-refractivity contribution is -0.143. The van der Waals surface area contributed by atoms with Crippen molar-refractivity contribution in [3.63, 3.8) is 0 Å². The lowest BCUT2D eigenvalue weighted by Gasteiger charge is -2.27. The number of aliphatic carboxylic acids is 1. The molecule has 0 rings (SSSR count). The summed E-state index contributed by atoms with van der Waals surface area (Å²) in [4.78, 5) is 22.6. The molecule has 100 valence electrons. The number of carbonyl (C=O) groups excluding carboxylic acids is 1. The molecular weight excluding hydrogens is 240 g/mol. The highest BCUT2D eigenvalue weighted by Crippen LogP contribution is 2.19. The molecule has 2 amide bonds. The topological polar surface area (TPSA) is 78.4 Å². The van der Waals surface area contributed by atoms with Crippen LogP contribution in [0.25, 0.3) is 0 Å². The molecule has 1 unspecified atom stereocenters. The molecule has 0 aromatic carbocycles. The van der Waals surface area contributed by atoms with Gasteiger partial charge in [0.1, 0.15) is 5.54 Å². The van der Waals surface area contributed by atoms with Crippen molar-refractivity contribution in [1.29, 1.82) is 0 Å². The molecule has 5 nitrogen and oxygen atoms in total. The first kappa shape index (κ1) is 16.1. The summed E-state index contributed by atoms with van der Waals surface area (Å²) in [5.41, 5.74) is -1.21. The van der Waals surface area contributed by atoms with E-state index in [1.807, 2.05) is 20.1 Å². The zero-order valence-corrected chi connectivity index (χ0v) is 11.9. The molecule has 0 saturated carbocycles. The van der Waals surface area contributed by atoms with Crippen LogP contribution in [0.2, 0.25) is 0 Å². The largest absolute Gasteiger partial charge is 0.480 e. The highest BCUT2D eigenvalue weighted by atomic mass is 32.2. The van der Waals surface area contributed by atoms with Crippen LogP contribution in [-0.2, 0) is 4.79 Å². The Hall–Kier alpha value is -0.910. The van der Waals surface area contributed by atoms with Crippen molar-refractivity contribution in [3.05, 3.63) is 0 Å². The predicted octanol–water partition coefficient (Wildman–Crippen LogP) is 1.68. The van der Waals surface area contributed by atoms with E-state index in [4.69, 9.17) is 5.11 Å². The van der Waals surface area contributed by atoms with Crippen molar-refractivity contribution in [2.45, 2.75) is 44.4 Å². The van der Waals surface area contributed by atoms with Gasteiger partial charge in [-0.1, -0.05) is 6.92 Å². The molecule has 0 heterocycles. The Kier molecular flexibility index (Phi) is 5.81. The maximum absolute atomic E-state index is 11.6. The molecular formula is C11H22N2O3S. The first-order valence-corrected chi connectivity index (χ1v) is 6.74. The van der Waals surface area contributed by atoms with Crippen molar-refractivity contribution in [3.8, 4) is 0 Å². The van der Waals surface area contributed by atoms with E-state index in [-0.39, 0.29) is 4.75 Å². The van der Waals surface area contributed by atoms with Crippen LogP contribution in [0.1, 0.15) is 34.1 Å².